The van der Waals surface area contributed by atoms with Crippen LogP contribution in [0.15, 0.2) is 29.4 Å². The molecule has 0 saturated carbocycles. The van der Waals surface area contributed by atoms with Crippen molar-refractivity contribution in [1.82, 2.24) is 20.1 Å². The quantitative estimate of drug-likeness (QED) is 0.807. The first-order valence-electron chi connectivity index (χ1n) is 7.85. The van der Waals surface area contributed by atoms with Crippen LogP contribution in [0, 0.1) is 0 Å². The number of aromatic nitrogens is 3. The maximum absolute atomic E-state index is 11.8. The van der Waals surface area contributed by atoms with Gasteiger partial charge in [-0.25, -0.2) is 0 Å². The standard InChI is InChI=1S/C16H21N5O2S/c1-11(2)17-14(22)10-24-16-19-18-15-20(8-9-21(15)16)12-4-6-13(23-3)7-5-12/h4-7,11H,8-10H2,1-3H3,(H,17,22). The molecule has 0 fully saturated rings. The Hall–Kier alpha value is -2.22. The number of fused-ring (bicyclic) bond motifs is 1. The Morgan fingerprint density at radius 3 is 2.71 bits per heavy atom. The topological polar surface area (TPSA) is 72.3 Å². The van der Waals surface area contributed by atoms with Crippen molar-refractivity contribution in [2.45, 2.75) is 31.6 Å². The van der Waals surface area contributed by atoms with Gasteiger partial charge in [-0.15, -0.1) is 10.2 Å². The van der Waals surface area contributed by atoms with Gasteiger partial charge in [-0.05, 0) is 38.1 Å². The maximum Gasteiger partial charge on any atom is 0.232 e. The summed E-state index contributed by atoms with van der Waals surface area (Å²) in [7, 11) is 1.65. The summed E-state index contributed by atoms with van der Waals surface area (Å²) in [4.78, 5) is 13.9. The van der Waals surface area contributed by atoms with Gasteiger partial charge in [0.2, 0.25) is 11.9 Å². The molecular formula is C16H21N5O2S. The van der Waals surface area contributed by atoms with E-state index in [1.807, 2.05) is 38.1 Å². The highest BCUT2D eigenvalue weighted by Crippen LogP contribution is 2.32. The second kappa shape index (κ2) is 7.12. The number of anilines is 2. The van der Waals surface area contributed by atoms with Crippen LogP contribution in [-0.2, 0) is 11.3 Å². The first kappa shape index (κ1) is 16.6. The number of rotatable bonds is 6. The van der Waals surface area contributed by atoms with Gasteiger partial charge >= 0.3 is 0 Å². The third-order valence-corrected chi connectivity index (χ3v) is 4.62. The smallest absolute Gasteiger partial charge is 0.232 e. The van der Waals surface area contributed by atoms with Crippen molar-refractivity contribution in [2.24, 2.45) is 0 Å². The predicted molar refractivity (Wildman–Crippen MR) is 94.0 cm³/mol. The largest absolute Gasteiger partial charge is 0.497 e. The van der Waals surface area contributed by atoms with Crippen LogP contribution in [0.1, 0.15) is 13.8 Å². The Morgan fingerprint density at radius 2 is 2.04 bits per heavy atom. The van der Waals surface area contributed by atoms with E-state index in [0.717, 1.165) is 35.6 Å². The molecule has 128 valence electrons. The van der Waals surface area contributed by atoms with Crippen molar-refractivity contribution < 1.29 is 9.53 Å². The van der Waals surface area contributed by atoms with Crippen LogP contribution in [0.25, 0.3) is 0 Å². The van der Waals surface area contributed by atoms with E-state index in [1.165, 1.54) is 11.8 Å². The van der Waals surface area contributed by atoms with Crippen LogP contribution in [0.5, 0.6) is 5.75 Å². The van der Waals surface area contributed by atoms with Gasteiger partial charge in [0.05, 0.1) is 12.9 Å². The minimum atomic E-state index is 0.0114. The van der Waals surface area contributed by atoms with Crippen molar-refractivity contribution >= 4 is 29.3 Å². The monoisotopic (exact) mass is 347 g/mol. The molecule has 3 rings (SSSR count). The average molecular weight is 347 g/mol. The fourth-order valence-corrected chi connectivity index (χ4v) is 3.35. The molecule has 0 atom stereocenters. The van der Waals surface area contributed by atoms with Gasteiger partial charge in [-0.3, -0.25) is 9.36 Å². The molecule has 0 radical (unpaired) electrons. The van der Waals surface area contributed by atoms with Crippen molar-refractivity contribution in [2.75, 3.05) is 24.3 Å². The lowest BCUT2D eigenvalue weighted by Crippen LogP contribution is -2.31. The van der Waals surface area contributed by atoms with Crippen molar-refractivity contribution in [3.8, 4) is 5.75 Å². The summed E-state index contributed by atoms with van der Waals surface area (Å²) < 4.78 is 7.25. The molecule has 0 unspecified atom stereocenters. The Labute approximate surface area is 145 Å². The molecule has 8 heteroatoms. The number of hydrogen-bond donors (Lipinski definition) is 1. The molecule has 0 spiro atoms. The first-order chi connectivity index (χ1) is 11.6. The number of thioether (sulfide) groups is 1. The van der Waals surface area contributed by atoms with Gasteiger partial charge < -0.3 is 15.0 Å². The van der Waals surface area contributed by atoms with Crippen molar-refractivity contribution in [3.05, 3.63) is 24.3 Å². The Bertz CT molecular complexity index is 714. The zero-order valence-electron chi connectivity index (χ0n) is 14.0. The second-order valence-electron chi connectivity index (χ2n) is 5.79. The number of hydrogen-bond acceptors (Lipinski definition) is 6. The van der Waals surface area contributed by atoms with Gasteiger partial charge in [0, 0.05) is 24.8 Å². The lowest BCUT2D eigenvalue weighted by molar-refractivity contribution is -0.119. The number of carbonyl (C=O) groups excluding carboxylic acids is 1. The summed E-state index contributed by atoms with van der Waals surface area (Å²) >= 11 is 1.42. The van der Waals surface area contributed by atoms with Gasteiger partial charge in [-0.1, -0.05) is 11.8 Å². The van der Waals surface area contributed by atoms with Gasteiger partial charge in [-0.2, -0.15) is 0 Å². The molecule has 2 heterocycles. The van der Waals surface area contributed by atoms with E-state index in [9.17, 15) is 4.79 Å². The molecule has 2 aromatic rings. The highest BCUT2D eigenvalue weighted by Gasteiger charge is 2.26. The SMILES string of the molecule is COc1ccc(N2CCn3c(SCC(=O)NC(C)C)nnc32)cc1. The molecular weight excluding hydrogens is 326 g/mol. The van der Waals surface area contributed by atoms with E-state index < -0.39 is 0 Å². The number of ether oxygens (including phenoxy) is 1. The third-order valence-electron chi connectivity index (χ3n) is 3.65. The van der Waals surface area contributed by atoms with Crippen molar-refractivity contribution in [3.63, 3.8) is 0 Å². The second-order valence-corrected chi connectivity index (χ2v) is 6.74. The van der Waals surface area contributed by atoms with E-state index >= 15 is 0 Å². The molecule has 0 saturated heterocycles. The molecule has 1 aromatic heterocycles. The number of nitrogens with zero attached hydrogens (tertiary/aromatic N) is 4. The van der Waals surface area contributed by atoms with E-state index in [2.05, 4.69) is 25.0 Å². The fourth-order valence-electron chi connectivity index (χ4n) is 2.58. The van der Waals surface area contributed by atoms with E-state index in [0.29, 0.717) is 5.75 Å². The molecule has 1 aliphatic rings. The fraction of sp³-hybridized carbons (Fsp3) is 0.438. The molecule has 0 aliphatic carbocycles. The molecule has 24 heavy (non-hydrogen) atoms. The number of methoxy groups -OCH3 is 1. The zero-order chi connectivity index (χ0) is 17.1. The lowest BCUT2D eigenvalue weighted by Gasteiger charge is -2.15. The summed E-state index contributed by atoms with van der Waals surface area (Å²) in [6, 6.07) is 8.02. The van der Waals surface area contributed by atoms with Crippen LogP contribution >= 0.6 is 11.8 Å². The number of amides is 1. The summed E-state index contributed by atoms with van der Waals surface area (Å²) in [5.41, 5.74) is 1.05. The minimum absolute atomic E-state index is 0.0114. The minimum Gasteiger partial charge on any atom is -0.497 e. The highest BCUT2D eigenvalue weighted by atomic mass is 32.2. The van der Waals surface area contributed by atoms with Crippen molar-refractivity contribution in [1.29, 1.82) is 0 Å². The Balaban J connectivity index is 1.69. The molecule has 1 aliphatic heterocycles. The normalized spacial score (nSPS) is 13.2. The average Bonchev–Trinajstić information content (AvgIpc) is 3.14. The third kappa shape index (κ3) is 3.48. The molecule has 1 N–H and O–H groups in total. The predicted octanol–water partition coefficient (Wildman–Crippen LogP) is 2.06. The summed E-state index contributed by atoms with van der Waals surface area (Å²) in [5, 5.41) is 12.2. The number of benzene rings is 1. The van der Waals surface area contributed by atoms with E-state index in [4.69, 9.17) is 4.74 Å². The summed E-state index contributed by atoms with van der Waals surface area (Å²) in [6.45, 7) is 5.54. The molecule has 7 nitrogen and oxygen atoms in total. The van der Waals surface area contributed by atoms with Crippen LogP contribution in [0.3, 0.4) is 0 Å². The van der Waals surface area contributed by atoms with Crippen LogP contribution < -0.4 is 15.0 Å². The summed E-state index contributed by atoms with van der Waals surface area (Å²) in [5.74, 6) is 2.00. The Morgan fingerprint density at radius 1 is 1.29 bits per heavy atom. The molecule has 1 amide bonds. The highest BCUT2D eigenvalue weighted by molar-refractivity contribution is 7.99. The molecule has 1 aromatic carbocycles. The van der Waals surface area contributed by atoms with Gasteiger partial charge in [0.1, 0.15) is 5.75 Å². The van der Waals surface area contributed by atoms with Gasteiger partial charge in [0.25, 0.3) is 0 Å². The first-order valence-corrected chi connectivity index (χ1v) is 8.84. The van der Waals surface area contributed by atoms with Crippen LogP contribution in [-0.4, -0.2) is 46.1 Å². The molecule has 0 bridgehead atoms. The number of nitrogens with one attached hydrogen (secondary N) is 1. The lowest BCUT2D eigenvalue weighted by atomic mass is 10.3. The Kier molecular flexibility index (Phi) is 4.94. The van der Waals surface area contributed by atoms with Crippen LogP contribution in [0.4, 0.5) is 11.6 Å². The zero-order valence-corrected chi connectivity index (χ0v) is 14.8. The maximum atomic E-state index is 11.8. The van der Waals surface area contributed by atoms with Gasteiger partial charge in [0.15, 0.2) is 5.16 Å². The van der Waals surface area contributed by atoms with Crippen LogP contribution in [0.2, 0.25) is 0 Å². The van der Waals surface area contributed by atoms with E-state index in [1.54, 1.807) is 7.11 Å². The summed E-state index contributed by atoms with van der Waals surface area (Å²) in [6.07, 6.45) is 0. The van der Waals surface area contributed by atoms with E-state index in [-0.39, 0.29) is 11.9 Å². The number of carbonyl (C=O) groups is 1.